The topological polar surface area (TPSA) is 54.0 Å². The summed E-state index contributed by atoms with van der Waals surface area (Å²) >= 11 is 0. The van der Waals surface area contributed by atoms with Crippen LogP contribution in [0.5, 0.6) is 0 Å². The normalized spacial score (nSPS) is 39.7. The molecule has 0 N–H and O–H groups in total. The summed E-state index contributed by atoms with van der Waals surface area (Å²) in [4.78, 5) is 10.6. The lowest BCUT2D eigenvalue weighted by Gasteiger charge is -2.23. The van der Waals surface area contributed by atoms with Crippen LogP contribution in [0.4, 0.5) is 4.39 Å². The summed E-state index contributed by atoms with van der Waals surface area (Å²) in [5, 5.41) is 0. The predicted molar refractivity (Wildman–Crippen MR) is 59.7 cm³/mol. The number of rotatable bonds is 3. The van der Waals surface area contributed by atoms with Crippen LogP contribution >= 0.6 is 0 Å². The van der Waals surface area contributed by atoms with E-state index in [0.29, 0.717) is 6.61 Å². The molecule has 18 heavy (non-hydrogen) atoms. The molecule has 2 fully saturated rings. The van der Waals surface area contributed by atoms with Crippen LogP contribution in [0.3, 0.4) is 0 Å². The summed E-state index contributed by atoms with van der Waals surface area (Å²) in [5.74, 6) is -1.66. The molecular weight excluding hydrogens is 243 g/mol. The highest BCUT2D eigenvalue weighted by Crippen LogP contribution is 2.36. The summed E-state index contributed by atoms with van der Waals surface area (Å²) in [5.41, 5.74) is 0. The van der Waals surface area contributed by atoms with Crippen molar-refractivity contribution >= 4 is 6.29 Å². The average Bonchev–Trinajstić information content (AvgIpc) is 2.77. The lowest BCUT2D eigenvalue weighted by molar-refractivity contribution is -0.175. The molecule has 0 aliphatic carbocycles. The molecule has 0 saturated carbocycles. The Bertz CT molecular complexity index is 330. The van der Waals surface area contributed by atoms with E-state index in [4.69, 9.17) is 18.9 Å². The Balaban J connectivity index is 2.12. The van der Waals surface area contributed by atoms with Gasteiger partial charge in [0.2, 0.25) is 0 Å². The molecule has 2 rings (SSSR count). The largest absolute Gasteiger partial charge is 0.348 e. The van der Waals surface area contributed by atoms with Gasteiger partial charge in [-0.1, -0.05) is 0 Å². The molecule has 0 radical (unpaired) electrons. The third kappa shape index (κ3) is 2.71. The van der Waals surface area contributed by atoms with Gasteiger partial charge in [0.25, 0.3) is 0 Å². The zero-order valence-corrected chi connectivity index (χ0v) is 11.0. The zero-order valence-electron chi connectivity index (χ0n) is 11.0. The van der Waals surface area contributed by atoms with Crippen molar-refractivity contribution in [2.24, 2.45) is 0 Å². The van der Waals surface area contributed by atoms with E-state index in [0.717, 1.165) is 0 Å². The quantitative estimate of drug-likeness (QED) is 0.715. The second kappa shape index (κ2) is 4.52. The van der Waals surface area contributed by atoms with E-state index in [9.17, 15) is 9.18 Å². The molecule has 0 bridgehead atoms. The molecule has 4 atom stereocenters. The van der Waals surface area contributed by atoms with Crippen molar-refractivity contribution in [2.75, 3.05) is 6.61 Å². The van der Waals surface area contributed by atoms with Gasteiger partial charge in [0, 0.05) is 0 Å². The maximum Gasteiger partial charge on any atom is 0.184 e. The minimum Gasteiger partial charge on any atom is -0.348 e. The maximum absolute atomic E-state index is 13.6. The highest BCUT2D eigenvalue weighted by atomic mass is 19.1. The van der Waals surface area contributed by atoms with Crippen LogP contribution in [0.1, 0.15) is 27.7 Å². The van der Waals surface area contributed by atoms with Crippen molar-refractivity contribution in [1.29, 1.82) is 0 Å². The molecule has 2 saturated heterocycles. The standard InChI is InChI=1S/C12H19FO5/c1-11(2)15-6-8(16-11)10-9(7(13)5-14)17-12(3,4)18-10/h5,7-10H,6H2,1-4H3/t7-,8?,9-,10-/m1/s1. The van der Waals surface area contributed by atoms with Crippen molar-refractivity contribution < 1.29 is 28.1 Å². The number of carbonyl (C=O) groups excluding carboxylic acids is 1. The summed E-state index contributed by atoms with van der Waals surface area (Å²) in [7, 11) is 0. The van der Waals surface area contributed by atoms with Crippen molar-refractivity contribution in [3.63, 3.8) is 0 Å². The van der Waals surface area contributed by atoms with Crippen LogP contribution in [-0.2, 0) is 23.7 Å². The Kier molecular flexibility index (Phi) is 3.48. The van der Waals surface area contributed by atoms with Crippen molar-refractivity contribution in [3.05, 3.63) is 0 Å². The van der Waals surface area contributed by atoms with Gasteiger partial charge in [-0.3, -0.25) is 0 Å². The first kappa shape index (κ1) is 13.9. The highest BCUT2D eigenvalue weighted by Gasteiger charge is 2.52. The van der Waals surface area contributed by atoms with Gasteiger partial charge in [0.05, 0.1) is 6.61 Å². The first-order valence-corrected chi connectivity index (χ1v) is 6.01. The fourth-order valence-corrected chi connectivity index (χ4v) is 2.31. The number of hydrogen-bond acceptors (Lipinski definition) is 5. The molecule has 0 aromatic rings. The number of hydrogen-bond donors (Lipinski definition) is 0. The van der Waals surface area contributed by atoms with E-state index in [1.165, 1.54) is 0 Å². The van der Waals surface area contributed by atoms with Crippen molar-refractivity contribution in [3.8, 4) is 0 Å². The second-order valence-electron chi connectivity index (χ2n) is 5.51. The van der Waals surface area contributed by atoms with E-state index in [-0.39, 0.29) is 6.29 Å². The van der Waals surface area contributed by atoms with Crippen molar-refractivity contribution in [2.45, 2.75) is 63.8 Å². The summed E-state index contributed by atoms with van der Waals surface area (Å²) in [6, 6.07) is 0. The molecule has 2 aliphatic heterocycles. The van der Waals surface area contributed by atoms with Gasteiger partial charge >= 0.3 is 0 Å². The van der Waals surface area contributed by atoms with Gasteiger partial charge in [-0.2, -0.15) is 0 Å². The molecule has 104 valence electrons. The summed E-state index contributed by atoms with van der Waals surface area (Å²) in [6.07, 6.45) is -3.56. The molecule has 0 spiro atoms. The number of halogens is 1. The highest BCUT2D eigenvalue weighted by molar-refractivity contribution is 5.57. The Hall–Kier alpha value is -0.560. The minimum absolute atomic E-state index is 0.226. The number of alkyl halides is 1. The second-order valence-corrected chi connectivity index (χ2v) is 5.51. The number of aldehydes is 1. The third-order valence-electron chi connectivity index (χ3n) is 3.00. The monoisotopic (exact) mass is 262 g/mol. The molecule has 2 heterocycles. The van der Waals surface area contributed by atoms with E-state index >= 15 is 0 Å². The van der Waals surface area contributed by atoms with Gasteiger partial charge in [-0.05, 0) is 27.7 Å². The molecule has 0 aromatic carbocycles. The minimum atomic E-state index is -1.73. The van der Waals surface area contributed by atoms with Crippen LogP contribution in [0.25, 0.3) is 0 Å². The third-order valence-corrected chi connectivity index (χ3v) is 3.00. The predicted octanol–water partition coefficient (Wildman–Crippen LogP) is 1.19. The van der Waals surface area contributed by atoms with Crippen LogP contribution in [-0.4, -0.2) is 49.0 Å². The molecule has 1 unspecified atom stereocenters. The van der Waals surface area contributed by atoms with Crippen LogP contribution in [0, 0.1) is 0 Å². The number of carbonyl (C=O) groups is 1. The molecule has 2 aliphatic rings. The maximum atomic E-state index is 13.6. The summed E-state index contributed by atoms with van der Waals surface area (Å²) in [6.45, 7) is 7.20. The van der Waals surface area contributed by atoms with Crippen LogP contribution in [0.2, 0.25) is 0 Å². The molecule has 5 nitrogen and oxygen atoms in total. The summed E-state index contributed by atoms with van der Waals surface area (Å²) < 4.78 is 35.7. The van der Waals surface area contributed by atoms with E-state index < -0.39 is 36.1 Å². The van der Waals surface area contributed by atoms with E-state index in [1.807, 2.05) is 0 Å². The average molecular weight is 262 g/mol. The SMILES string of the molecule is CC1(C)OCC([C@H]2OC(C)(C)O[C@@H]2[C@H](F)C=O)O1. The number of ether oxygens (including phenoxy) is 4. The Labute approximate surface area is 106 Å². The zero-order chi connectivity index (χ0) is 13.6. The van der Waals surface area contributed by atoms with Crippen LogP contribution in [0.15, 0.2) is 0 Å². The molecule has 0 aromatic heterocycles. The van der Waals surface area contributed by atoms with Gasteiger partial charge in [-0.25, -0.2) is 4.39 Å². The Morgan fingerprint density at radius 1 is 1.17 bits per heavy atom. The molecule has 6 heteroatoms. The lowest BCUT2D eigenvalue weighted by Crippen LogP contribution is -2.43. The first-order valence-electron chi connectivity index (χ1n) is 6.01. The van der Waals surface area contributed by atoms with Gasteiger partial charge in [-0.15, -0.1) is 0 Å². The van der Waals surface area contributed by atoms with Gasteiger partial charge in [0.15, 0.2) is 24.0 Å². The fourth-order valence-electron chi connectivity index (χ4n) is 2.31. The smallest absolute Gasteiger partial charge is 0.184 e. The Morgan fingerprint density at radius 3 is 2.33 bits per heavy atom. The first-order chi connectivity index (χ1) is 8.24. The molecular formula is C12H19FO5. The molecule has 0 amide bonds. The Morgan fingerprint density at radius 2 is 1.83 bits per heavy atom. The fraction of sp³-hybridized carbons (Fsp3) is 0.917. The lowest BCUT2D eigenvalue weighted by atomic mass is 10.1. The van der Waals surface area contributed by atoms with Gasteiger partial charge < -0.3 is 23.7 Å². The van der Waals surface area contributed by atoms with Gasteiger partial charge in [0.1, 0.15) is 18.3 Å². The van der Waals surface area contributed by atoms with E-state index in [2.05, 4.69) is 0 Å². The van der Waals surface area contributed by atoms with Crippen molar-refractivity contribution in [1.82, 2.24) is 0 Å². The van der Waals surface area contributed by atoms with E-state index in [1.54, 1.807) is 27.7 Å². The van der Waals surface area contributed by atoms with Crippen LogP contribution < -0.4 is 0 Å².